The molecule has 2 unspecified atom stereocenters. The lowest BCUT2D eigenvalue weighted by Gasteiger charge is -2.38. The van der Waals surface area contributed by atoms with Gasteiger partial charge in [-0.2, -0.15) is 0 Å². The minimum Gasteiger partial charge on any atom is -0.396 e. The number of hydrogen-bond donors (Lipinski definition) is 3. The molecule has 0 aromatic heterocycles. The molecule has 1 aliphatic heterocycles. The molecule has 0 aliphatic carbocycles. The Kier molecular flexibility index (Phi) is 6.86. The number of aliphatic hydroxyl groups excluding tert-OH is 1. The van der Waals surface area contributed by atoms with Crippen molar-refractivity contribution in [1.29, 1.82) is 0 Å². The van der Waals surface area contributed by atoms with Gasteiger partial charge in [-0.1, -0.05) is 44.2 Å². The first-order chi connectivity index (χ1) is 11.1. The second-order valence-corrected chi connectivity index (χ2v) is 6.81. The molecular weight excluding hydrogens is 290 g/mol. The lowest BCUT2D eigenvalue weighted by atomic mass is 9.92. The number of nitrogens with one attached hydrogen (secondary N) is 2. The van der Waals surface area contributed by atoms with Crippen LogP contribution < -0.4 is 10.6 Å². The number of urea groups is 1. The summed E-state index contributed by atoms with van der Waals surface area (Å²) in [6.45, 7) is 7.52. The lowest BCUT2D eigenvalue weighted by Crippen LogP contribution is -2.55. The van der Waals surface area contributed by atoms with Crippen LogP contribution >= 0.6 is 0 Å². The van der Waals surface area contributed by atoms with E-state index in [1.54, 1.807) is 0 Å². The highest BCUT2D eigenvalue weighted by Gasteiger charge is 2.29. The standard InChI is InChI=1S/C18H29N3O2/c1-14(2)10-19-18(23)20-17-12-21(9-8-16(17)13-22)11-15-6-4-3-5-7-15/h3-7,14,16-17,22H,8-13H2,1-2H3,(H2,19,20,23). The third-order valence-electron chi connectivity index (χ3n) is 4.31. The van der Waals surface area contributed by atoms with Gasteiger partial charge in [-0.3, -0.25) is 4.90 Å². The molecule has 0 saturated carbocycles. The number of nitrogens with zero attached hydrogens (tertiary/aromatic N) is 1. The zero-order valence-electron chi connectivity index (χ0n) is 14.2. The summed E-state index contributed by atoms with van der Waals surface area (Å²) in [6, 6.07) is 10.2. The highest BCUT2D eigenvalue weighted by molar-refractivity contribution is 5.74. The van der Waals surface area contributed by atoms with Gasteiger partial charge in [0.2, 0.25) is 0 Å². The molecule has 0 bridgehead atoms. The van der Waals surface area contributed by atoms with Crippen LogP contribution in [0.4, 0.5) is 4.79 Å². The molecule has 3 N–H and O–H groups in total. The maximum Gasteiger partial charge on any atom is 0.315 e. The third-order valence-corrected chi connectivity index (χ3v) is 4.31. The summed E-state index contributed by atoms with van der Waals surface area (Å²) in [5.74, 6) is 0.558. The van der Waals surface area contributed by atoms with E-state index >= 15 is 0 Å². The first kappa shape index (κ1) is 17.8. The third kappa shape index (κ3) is 5.84. The van der Waals surface area contributed by atoms with Crippen molar-refractivity contribution in [3.05, 3.63) is 35.9 Å². The van der Waals surface area contributed by atoms with Gasteiger partial charge in [-0.15, -0.1) is 0 Å². The molecule has 1 saturated heterocycles. The minimum atomic E-state index is -0.135. The molecule has 5 nitrogen and oxygen atoms in total. The van der Waals surface area contributed by atoms with Gasteiger partial charge >= 0.3 is 6.03 Å². The predicted molar refractivity (Wildman–Crippen MR) is 92.1 cm³/mol. The Morgan fingerprint density at radius 1 is 1.35 bits per heavy atom. The van der Waals surface area contributed by atoms with E-state index in [9.17, 15) is 9.90 Å². The zero-order valence-corrected chi connectivity index (χ0v) is 14.2. The Bertz CT molecular complexity index is 478. The van der Waals surface area contributed by atoms with E-state index in [4.69, 9.17) is 0 Å². The van der Waals surface area contributed by atoms with Crippen molar-refractivity contribution in [2.75, 3.05) is 26.2 Å². The van der Waals surface area contributed by atoms with Crippen molar-refractivity contribution in [1.82, 2.24) is 15.5 Å². The predicted octanol–water partition coefficient (Wildman–Crippen LogP) is 1.82. The molecule has 23 heavy (non-hydrogen) atoms. The lowest BCUT2D eigenvalue weighted by molar-refractivity contribution is 0.0946. The van der Waals surface area contributed by atoms with Crippen LogP contribution in [-0.4, -0.2) is 48.3 Å². The molecule has 2 amide bonds. The first-order valence-electron chi connectivity index (χ1n) is 8.50. The van der Waals surface area contributed by atoms with Gasteiger partial charge in [0.25, 0.3) is 0 Å². The number of rotatable bonds is 6. The number of hydrogen-bond acceptors (Lipinski definition) is 3. The van der Waals surface area contributed by atoms with E-state index in [1.165, 1.54) is 5.56 Å². The molecule has 1 aliphatic rings. The van der Waals surface area contributed by atoms with Crippen molar-refractivity contribution in [3.8, 4) is 0 Å². The average molecular weight is 319 g/mol. The van der Waals surface area contributed by atoms with Crippen LogP contribution in [0, 0.1) is 11.8 Å². The SMILES string of the molecule is CC(C)CNC(=O)NC1CN(Cc2ccccc2)CCC1CO. The molecule has 0 radical (unpaired) electrons. The maximum atomic E-state index is 12.0. The Balaban J connectivity index is 1.88. The van der Waals surface area contributed by atoms with Gasteiger partial charge < -0.3 is 15.7 Å². The number of likely N-dealkylation sites (tertiary alicyclic amines) is 1. The summed E-state index contributed by atoms with van der Waals surface area (Å²) in [4.78, 5) is 14.4. The van der Waals surface area contributed by atoms with Crippen LogP contribution in [0.15, 0.2) is 30.3 Å². The van der Waals surface area contributed by atoms with Crippen molar-refractivity contribution in [2.45, 2.75) is 32.9 Å². The summed E-state index contributed by atoms with van der Waals surface area (Å²) in [6.07, 6.45) is 0.901. The van der Waals surface area contributed by atoms with E-state index in [1.807, 2.05) is 18.2 Å². The number of piperidine rings is 1. The fraction of sp³-hybridized carbons (Fsp3) is 0.611. The Morgan fingerprint density at radius 3 is 2.74 bits per heavy atom. The van der Waals surface area contributed by atoms with E-state index in [-0.39, 0.29) is 24.6 Å². The molecule has 2 rings (SSSR count). The van der Waals surface area contributed by atoms with E-state index in [2.05, 4.69) is 41.5 Å². The van der Waals surface area contributed by atoms with Gasteiger partial charge in [0.1, 0.15) is 0 Å². The van der Waals surface area contributed by atoms with E-state index in [0.717, 1.165) is 26.1 Å². The van der Waals surface area contributed by atoms with Crippen molar-refractivity contribution in [3.63, 3.8) is 0 Å². The molecule has 0 spiro atoms. The van der Waals surface area contributed by atoms with E-state index in [0.29, 0.717) is 12.5 Å². The molecule has 1 aromatic carbocycles. The van der Waals surface area contributed by atoms with Crippen LogP contribution in [0.5, 0.6) is 0 Å². The van der Waals surface area contributed by atoms with Crippen LogP contribution in [0.25, 0.3) is 0 Å². The fourth-order valence-corrected chi connectivity index (χ4v) is 2.95. The Morgan fingerprint density at radius 2 is 2.09 bits per heavy atom. The Labute approximate surface area is 139 Å². The van der Waals surface area contributed by atoms with Gasteiger partial charge in [0.05, 0.1) is 0 Å². The average Bonchev–Trinajstić information content (AvgIpc) is 2.54. The highest BCUT2D eigenvalue weighted by atomic mass is 16.3. The largest absolute Gasteiger partial charge is 0.396 e. The molecule has 2 atom stereocenters. The van der Waals surface area contributed by atoms with Gasteiger partial charge in [-0.25, -0.2) is 4.79 Å². The summed E-state index contributed by atoms with van der Waals surface area (Å²) >= 11 is 0. The second-order valence-electron chi connectivity index (χ2n) is 6.81. The molecule has 1 fully saturated rings. The van der Waals surface area contributed by atoms with Crippen LogP contribution in [0.2, 0.25) is 0 Å². The fourth-order valence-electron chi connectivity index (χ4n) is 2.95. The van der Waals surface area contributed by atoms with Gasteiger partial charge in [0.15, 0.2) is 0 Å². The molecule has 1 heterocycles. The van der Waals surface area contributed by atoms with Crippen LogP contribution in [0.1, 0.15) is 25.8 Å². The molecule has 128 valence electrons. The number of carbonyl (C=O) groups excluding carboxylic acids is 1. The smallest absolute Gasteiger partial charge is 0.315 e. The molecule has 1 aromatic rings. The van der Waals surface area contributed by atoms with E-state index < -0.39 is 0 Å². The number of carbonyl (C=O) groups is 1. The van der Waals surface area contributed by atoms with Crippen LogP contribution in [-0.2, 0) is 6.54 Å². The monoisotopic (exact) mass is 319 g/mol. The van der Waals surface area contributed by atoms with Gasteiger partial charge in [0, 0.05) is 38.2 Å². The van der Waals surface area contributed by atoms with Crippen molar-refractivity contribution >= 4 is 6.03 Å². The minimum absolute atomic E-state index is 0.00961. The maximum absolute atomic E-state index is 12.0. The van der Waals surface area contributed by atoms with Crippen LogP contribution in [0.3, 0.4) is 0 Å². The quantitative estimate of drug-likeness (QED) is 0.749. The number of amides is 2. The molecular formula is C18H29N3O2. The Hall–Kier alpha value is -1.59. The summed E-state index contributed by atoms with van der Waals surface area (Å²) in [5.41, 5.74) is 1.28. The summed E-state index contributed by atoms with van der Waals surface area (Å²) < 4.78 is 0. The summed E-state index contributed by atoms with van der Waals surface area (Å²) in [7, 11) is 0. The zero-order chi connectivity index (χ0) is 16.7. The number of benzene rings is 1. The van der Waals surface area contributed by atoms with Gasteiger partial charge in [-0.05, 0) is 24.4 Å². The van der Waals surface area contributed by atoms with Crippen molar-refractivity contribution < 1.29 is 9.90 Å². The van der Waals surface area contributed by atoms with Crippen molar-refractivity contribution in [2.24, 2.45) is 11.8 Å². The normalized spacial score (nSPS) is 22.1. The molecule has 5 heteroatoms. The second kappa shape index (κ2) is 8.89. The topological polar surface area (TPSA) is 64.6 Å². The number of aliphatic hydroxyl groups is 1. The summed E-state index contributed by atoms with van der Waals surface area (Å²) in [5, 5.41) is 15.5. The highest BCUT2D eigenvalue weighted by Crippen LogP contribution is 2.19. The first-order valence-corrected chi connectivity index (χ1v) is 8.50.